The highest BCUT2D eigenvalue weighted by molar-refractivity contribution is 5.81. The van der Waals surface area contributed by atoms with Crippen LogP contribution in [0.5, 0.6) is 0 Å². The Hall–Kier alpha value is -0.610. The first-order chi connectivity index (χ1) is 6.68. The third-order valence-electron chi connectivity index (χ3n) is 2.93. The number of epoxide rings is 1. The topological polar surface area (TPSA) is 36.1 Å². The van der Waals surface area contributed by atoms with Crippen LogP contribution in [0.4, 0.5) is 0 Å². The van der Waals surface area contributed by atoms with Crippen LogP contribution in [0.1, 0.15) is 12.8 Å². The van der Waals surface area contributed by atoms with Gasteiger partial charge in [0.2, 0.25) is 5.91 Å². The van der Waals surface area contributed by atoms with Gasteiger partial charge in [-0.05, 0) is 19.4 Å². The lowest BCUT2D eigenvalue weighted by molar-refractivity contribution is -0.133. The Morgan fingerprint density at radius 2 is 2.29 bits per heavy atom. The fraction of sp³-hybridized carbons (Fsp3) is 0.900. The molecule has 14 heavy (non-hydrogen) atoms. The normalized spacial score (nSPS) is 31.9. The van der Waals surface area contributed by atoms with Crippen molar-refractivity contribution in [1.82, 2.24) is 9.80 Å². The van der Waals surface area contributed by atoms with Gasteiger partial charge in [-0.2, -0.15) is 0 Å². The summed E-state index contributed by atoms with van der Waals surface area (Å²) in [6.45, 7) is 2.85. The molecule has 2 aliphatic rings. The Bertz CT molecular complexity index is 226. The minimum atomic E-state index is 0.106. The van der Waals surface area contributed by atoms with E-state index in [-0.39, 0.29) is 11.9 Å². The average molecular weight is 198 g/mol. The van der Waals surface area contributed by atoms with E-state index >= 15 is 0 Å². The number of carbonyl (C=O) groups is 1. The summed E-state index contributed by atoms with van der Waals surface area (Å²) in [6, 6.07) is 0.106. The lowest BCUT2D eigenvalue weighted by Gasteiger charge is -2.25. The lowest BCUT2D eigenvalue weighted by Crippen LogP contribution is -2.44. The molecule has 4 nitrogen and oxygen atoms in total. The molecule has 4 heteroatoms. The van der Waals surface area contributed by atoms with Gasteiger partial charge in [0.25, 0.3) is 0 Å². The number of hydrogen-bond acceptors (Lipinski definition) is 3. The number of carbonyl (C=O) groups excluding carboxylic acids is 1. The molecule has 2 aliphatic heterocycles. The summed E-state index contributed by atoms with van der Waals surface area (Å²) in [4.78, 5) is 15.8. The molecule has 0 spiro atoms. The molecule has 0 bridgehead atoms. The van der Waals surface area contributed by atoms with Crippen LogP contribution in [0.2, 0.25) is 0 Å². The maximum absolute atomic E-state index is 11.8. The maximum Gasteiger partial charge on any atom is 0.239 e. The van der Waals surface area contributed by atoms with Crippen molar-refractivity contribution in [3.63, 3.8) is 0 Å². The molecule has 2 fully saturated rings. The van der Waals surface area contributed by atoms with Crippen LogP contribution in [-0.2, 0) is 9.53 Å². The number of likely N-dealkylation sites (tertiary alicyclic amines) is 1. The molecule has 1 amide bonds. The van der Waals surface area contributed by atoms with Crippen LogP contribution < -0.4 is 0 Å². The molecule has 0 aromatic rings. The first kappa shape index (κ1) is 9.93. The number of hydrogen-bond donors (Lipinski definition) is 0. The second-order valence-corrected chi connectivity index (χ2v) is 4.34. The molecule has 2 rings (SSSR count). The quantitative estimate of drug-likeness (QED) is 0.596. The van der Waals surface area contributed by atoms with Crippen LogP contribution in [0, 0.1) is 0 Å². The van der Waals surface area contributed by atoms with Gasteiger partial charge in [-0.1, -0.05) is 0 Å². The van der Waals surface area contributed by atoms with Crippen molar-refractivity contribution in [2.75, 3.05) is 33.8 Å². The van der Waals surface area contributed by atoms with E-state index < -0.39 is 0 Å². The Balaban J connectivity index is 1.91. The Morgan fingerprint density at radius 3 is 2.86 bits per heavy atom. The largest absolute Gasteiger partial charge is 0.372 e. The highest BCUT2D eigenvalue weighted by atomic mass is 16.6. The molecular formula is C10H18N2O2. The third kappa shape index (κ3) is 2.07. The lowest BCUT2D eigenvalue weighted by atomic mass is 10.2. The fourth-order valence-corrected chi connectivity index (χ4v) is 2.06. The number of amides is 1. The van der Waals surface area contributed by atoms with E-state index in [1.807, 2.05) is 14.1 Å². The van der Waals surface area contributed by atoms with Crippen LogP contribution in [0.15, 0.2) is 0 Å². The number of likely N-dealkylation sites (N-methyl/N-ethyl adjacent to an activating group) is 1. The molecule has 2 saturated heterocycles. The second-order valence-electron chi connectivity index (χ2n) is 4.34. The Morgan fingerprint density at radius 1 is 1.57 bits per heavy atom. The summed E-state index contributed by atoms with van der Waals surface area (Å²) < 4.78 is 5.19. The van der Waals surface area contributed by atoms with E-state index in [0.29, 0.717) is 6.10 Å². The van der Waals surface area contributed by atoms with Gasteiger partial charge in [0.1, 0.15) is 0 Å². The van der Waals surface area contributed by atoms with Gasteiger partial charge >= 0.3 is 0 Å². The molecule has 2 atom stereocenters. The molecule has 0 aliphatic carbocycles. The minimum absolute atomic E-state index is 0.106. The SMILES string of the molecule is CN(C)C(=O)[C@H]1CCCN1C[C@H]1CO1. The van der Waals surface area contributed by atoms with Gasteiger partial charge in [-0.15, -0.1) is 0 Å². The number of rotatable bonds is 3. The minimum Gasteiger partial charge on any atom is -0.372 e. The summed E-state index contributed by atoms with van der Waals surface area (Å²) in [5.74, 6) is 0.239. The van der Waals surface area contributed by atoms with E-state index in [2.05, 4.69) is 4.90 Å². The molecular weight excluding hydrogens is 180 g/mol. The zero-order valence-electron chi connectivity index (χ0n) is 8.90. The first-order valence-corrected chi connectivity index (χ1v) is 5.25. The molecule has 0 unspecified atom stereocenters. The summed E-state index contributed by atoms with van der Waals surface area (Å²) in [5.41, 5.74) is 0. The summed E-state index contributed by atoms with van der Waals surface area (Å²) in [7, 11) is 3.65. The van der Waals surface area contributed by atoms with Crippen LogP contribution in [0.25, 0.3) is 0 Å². The van der Waals surface area contributed by atoms with Gasteiger partial charge < -0.3 is 9.64 Å². The molecule has 0 N–H and O–H groups in total. The summed E-state index contributed by atoms with van der Waals surface area (Å²) in [5, 5.41) is 0. The molecule has 0 radical (unpaired) electrons. The molecule has 0 saturated carbocycles. The van der Waals surface area contributed by atoms with Crippen molar-refractivity contribution < 1.29 is 9.53 Å². The molecule has 0 aromatic heterocycles. The highest BCUT2D eigenvalue weighted by Gasteiger charge is 2.35. The maximum atomic E-state index is 11.8. The van der Waals surface area contributed by atoms with E-state index in [4.69, 9.17) is 4.74 Å². The van der Waals surface area contributed by atoms with E-state index in [1.165, 1.54) is 0 Å². The van der Waals surface area contributed by atoms with Crippen molar-refractivity contribution >= 4 is 5.91 Å². The van der Waals surface area contributed by atoms with Crippen LogP contribution >= 0.6 is 0 Å². The molecule has 80 valence electrons. The first-order valence-electron chi connectivity index (χ1n) is 5.25. The van der Waals surface area contributed by atoms with E-state index in [9.17, 15) is 4.79 Å². The summed E-state index contributed by atoms with van der Waals surface area (Å²) >= 11 is 0. The van der Waals surface area contributed by atoms with Gasteiger partial charge in [-0.25, -0.2) is 0 Å². The number of ether oxygens (including phenoxy) is 1. The fourth-order valence-electron chi connectivity index (χ4n) is 2.06. The highest BCUT2D eigenvalue weighted by Crippen LogP contribution is 2.22. The summed E-state index contributed by atoms with van der Waals surface area (Å²) in [6.07, 6.45) is 2.53. The smallest absolute Gasteiger partial charge is 0.239 e. The second kappa shape index (κ2) is 3.87. The standard InChI is InChI=1S/C10H18N2O2/c1-11(2)10(13)9-4-3-5-12(9)6-8-7-14-8/h8-9H,3-7H2,1-2H3/t8-,9+/m0/s1. The van der Waals surface area contributed by atoms with Gasteiger partial charge in [0, 0.05) is 20.6 Å². The average Bonchev–Trinajstić information content (AvgIpc) is 2.82. The van der Waals surface area contributed by atoms with Gasteiger partial charge in [0.15, 0.2) is 0 Å². The third-order valence-corrected chi connectivity index (χ3v) is 2.93. The Kier molecular flexibility index (Phi) is 2.74. The van der Waals surface area contributed by atoms with E-state index in [1.54, 1.807) is 4.90 Å². The molecule has 2 heterocycles. The van der Waals surface area contributed by atoms with Crippen LogP contribution in [-0.4, -0.2) is 61.6 Å². The number of nitrogens with zero attached hydrogens (tertiary/aromatic N) is 2. The zero-order valence-corrected chi connectivity index (χ0v) is 8.90. The molecule has 0 aromatic carbocycles. The van der Waals surface area contributed by atoms with Crippen LogP contribution in [0.3, 0.4) is 0 Å². The Labute approximate surface area is 84.8 Å². The van der Waals surface area contributed by atoms with Crippen molar-refractivity contribution in [2.24, 2.45) is 0 Å². The van der Waals surface area contributed by atoms with Gasteiger partial charge in [-0.3, -0.25) is 9.69 Å². The van der Waals surface area contributed by atoms with E-state index in [0.717, 1.165) is 32.5 Å². The monoisotopic (exact) mass is 198 g/mol. The van der Waals surface area contributed by atoms with Crippen molar-refractivity contribution in [2.45, 2.75) is 25.0 Å². The zero-order chi connectivity index (χ0) is 10.1. The predicted molar refractivity (Wildman–Crippen MR) is 53.0 cm³/mol. The van der Waals surface area contributed by atoms with Crippen molar-refractivity contribution in [3.05, 3.63) is 0 Å². The van der Waals surface area contributed by atoms with Crippen molar-refractivity contribution in [3.8, 4) is 0 Å². The van der Waals surface area contributed by atoms with Gasteiger partial charge in [0.05, 0.1) is 18.8 Å². The van der Waals surface area contributed by atoms with Crippen molar-refractivity contribution in [1.29, 1.82) is 0 Å². The predicted octanol–water partition coefficient (Wildman–Crippen LogP) is -0.0622.